The van der Waals surface area contributed by atoms with Crippen LogP contribution in [0.25, 0.3) is 0 Å². The zero-order valence-corrected chi connectivity index (χ0v) is 19.4. The van der Waals surface area contributed by atoms with Crippen LogP contribution in [0.5, 0.6) is 0 Å². The van der Waals surface area contributed by atoms with E-state index in [0.29, 0.717) is 6.42 Å². The summed E-state index contributed by atoms with van der Waals surface area (Å²) in [5.41, 5.74) is 0. The second-order valence-corrected chi connectivity index (χ2v) is 6.96. The van der Waals surface area contributed by atoms with Gasteiger partial charge in [0.05, 0.1) is 0 Å². The van der Waals surface area contributed by atoms with Crippen molar-refractivity contribution in [2.45, 2.75) is 110 Å². The van der Waals surface area contributed by atoms with Crippen molar-refractivity contribution in [3.05, 3.63) is 12.2 Å². The zero-order chi connectivity index (χ0) is 18.8. The standard InChI is InChI=1S/C21H39NO3.Na.H/c1-3-4-5-6-7-8-9-10-11-12-13-14-15-16-17-18-20(23)22-19(2)21(24)25;;/h10-11,19H,3-9,12-18H2,1-2H3,(H,22,23)(H,24,25);;/q;+1;-1/b11-10-;;. The number of amides is 1. The molecule has 0 fully saturated rings. The molecule has 0 aliphatic heterocycles. The van der Waals surface area contributed by atoms with Gasteiger partial charge in [0.1, 0.15) is 6.04 Å². The molecule has 0 saturated carbocycles. The van der Waals surface area contributed by atoms with Gasteiger partial charge in [0.2, 0.25) is 5.91 Å². The summed E-state index contributed by atoms with van der Waals surface area (Å²) in [6.45, 7) is 3.74. The number of hydrogen-bond acceptors (Lipinski definition) is 2. The van der Waals surface area contributed by atoms with Crippen LogP contribution in [0, 0.1) is 0 Å². The fraction of sp³-hybridized carbons (Fsp3) is 0.810. The normalized spacial score (nSPS) is 11.9. The molecule has 148 valence electrons. The molecule has 0 aliphatic rings. The predicted molar refractivity (Wildman–Crippen MR) is 106 cm³/mol. The van der Waals surface area contributed by atoms with E-state index in [2.05, 4.69) is 24.4 Å². The average Bonchev–Trinajstić information content (AvgIpc) is 2.58. The molecular formula is C21H40NNaO3. The van der Waals surface area contributed by atoms with Crippen molar-refractivity contribution < 1.29 is 45.7 Å². The van der Waals surface area contributed by atoms with E-state index in [0.717, 1.165) is 25.7 Å². The van der Waals surface area contributed by atoms with Crippen molar-refractivity contribution in [3.8, 4) is 0 Å². The van der Waals surface area contributed by atoms with Crippen molar-refractivity contribution >= 4 is 11.9 Å². The Bertz CT molecular complexity index is 378. The largest absolute Gasteiger partial charge is 1.00 e. The monoisotopic (exact) mass is 377 g/mol. The molecule has 0 aromatic carbocycles. The number of rotatable bonds is 17. The Morgan fingerprint density at radius 3 is 1.85 bits per heavy atom. The molecule has 2 N–H and O–H groups in total. The third-order valence-electron chi connectivity index (χ3n) is 4.41. The summed E-state index contributed by atoms with van der Waals surface area (Å²) in [4.78, 5) is 22.1. The van der Waals surface area contributed by atoms with E-state index >= 15 is 0 Å². The second kappa shape index (κ2) is 21.0. The molecule has 0 bridgehead atoms. The maximum absolute atomic E-state index is 11.5. The third kappa shape index (κ3) is 20.0. The third-order valence-corrected chi connectivity index (χ3v) is 4.41. The van der Waals surface area contributed by atoms with Crippen LogP contribution in [0.4, 0.5) is 0 Å². The maximum atomic E-state index is 11.5. The molecule has 1 atom stereocenters. The molecular weight excluding hydrogens is 337 g/mol. The van der Waals surface area contributed by atoms with Crippen LogP contribution in [-0.2, 0) is 9.59 Å². The van der Waals surface area contributed by atoms with Gasteiger partial charge in [-0.1, -0.05) is 70.4 Å². The van der Waals surface area contributed by atoms with Crippen LogP contribution < -0.4 is 34.9 Å². The van der Waals surface area contributed by atoms with E-state index in [-0.39, 0.29) is 36.9 Å². The molecule has 0 heterocycles. The van der Waals surface area contributed by atoms with Crippen molar-refractivity contribution in [3.63, 3.8) is 0 Å². The van der Waals surface area contributed by atoms with E-state index in [1.165, 1.54) is 64.7 Å². The molecule has 0 aromatic rings. The van der Waals surface area contributed by atoms with E-state index in [9.17, 15) is 9.59 Å². The molecule has 0 spiro atoms. The molecule has 0 saturated heterocycles. The maximum Gasteiger partial charge on any atom is 1.00 e. The smallest absolute Gasteiger partial charge is 1.00 e. The van der Waals surface area contributed by atoms with E-state index in [1.54, 1.807) is 0 Å². The van der Waals surface area contributed by atoms with Crippen LogP contribution >= 0.6 is 0 Å². The van der Waals surface area contributed by atoms with Gasteiger partial charge in [-0.25, -0.2) is 0 Å². The first-order chi connectivity index (χ1) is 12.1. The minimum absolute atomic E-state index is 0. The molecule has 1 unspecified atom stereocenters. The number of allylic oxidation sites excluding steroid dienone is 2. The number of carbonyl (C=O) groups excluding carboxylic acids is 1. The number of carboxylic acid groups (broad SMARTS) is 1. The average molecular weight is 378 g/mol. The van der Waals surface area contributed by atoms with Crippen LogP contribution in [0.15, 0.2) is 12.2 Å². The summed E-state index contributed by atoms with van der Waals surface area (Å²) in [6.07, 6.45) is 21.0. The van der Waals surface area contributed by atoms with Gasteiger partial charge in [-0.2, -0.15) is 0 Å². The van der Waals surface area contributed by atoms with E-state index < -0.39 is 12.0 Å². The first-order valence-corrected chi connectivity index (χ1v) is 10.2. The predicted octanol–water partition coefficient (Wildman–Crippen LogP) is 2.73. The summed E-state index contributed by atoms with van der Waals surface area (Å²) in [5, 5.41) is 11.2. The molecule has 1 amide bonds. The number of nitrogens with one attached hydrogen (secondary N) is 1. The van der Waals surface area contributed by atoms with E-state index in [1.807, 2.05) is 0 Å². The first-order valence-electron chi connectivity index (χ1n) is 10.2. The van der Waals surface area contributed by atoms with Crippen LogP contribution in [0.2, 0.25) is 0 Å². The Kier molecular flexibility index (Phi) is 22.5. The van der Waals surface area contributed by atoms with Gasteiger partial charge in [-0.15, -0.1) is 0 Å². The Balaban J connectivity index is -0.00000288. The SMILES string of the molecule is CCCCCCCC/C=C\CCCCCCCC(=O)NC(C)C(=O)O.[H-].[Na+]. The molecule has 26 heavy (non-hydrogen) atoms. The van der Waals surface area contributed by atoms with Crippen LogP contribution in [-0.4, -0.2) is 23.0 Å². The Hall–Kier alpha value is -0.320. The fourth-order valence-electron chi connectivity index (χ4n) is 2.73. The van der Waals surface area contributed by atoms with Crippen LogP contribution in [0.3, 0.4) is 0 Å². The summed E-state index contributed by atoms with van der Waals surface area (Å²) in [6, 6.07) is -0.796. The quantitative estimate of drug-likeness (QED) is 0.233. The van der Waals surface area contributed by atoms with Gasteiger partial charge in [-0.3, -0.25) is 9.59 Å². The number of hydrogen-bond donors (Lipinski definition) is 2. The Labute approximate surface area is 184 Å². The van der Waals surface area contributed by atoms with Crippen molar-refractivity contribution in [1.82, 2.24) is 5.32 Å². The first kappa shape index (κ1) is 27.9. The number of carboxylic acids is 1. The van der Waals surface area contributed by atoms with Gasteiger partial charge in [0.25, 0.3) is 0 Å². The number of carbonyl (C=O) groups is 2. The summed E-state index contributed by atoms with van der Waals surface area (Å²) >= 11 is 0. The second-order valence-electron chi connectivity index (χ2n) is 6.96. The number of aliphatic carboxylic acids is 1. The van der Waals surface area contributed by atoms with Gasteiger partial charge in [0, 0.05) is 6.42 Å². The van der Waals surface area contributed by atoms with Crippen molar-refractivity contribution in [2.75, 3.05) is 0 Å². The molecule has 0 aromatic heterocycles. The molecule has 0 aliphatic carbocycles. The van der Waals surface area contributed by atoms with Gasteiger partial charge >= 0.3 is 35.5 Å². The zero-order valence-electron chi connectivity index (χ0n) is 18.4. The molecule has 0 radical (unpaired) electrons. The molecule has 0 rings (SSSR count). The minimum Gasteiger partial charge on any atom is -1.00 e. The summed E-state index contributed by atoms with van der Waals surface area (Å²) < 4.78 is 0. The van der Waals surface area contributed by atoms with Gasteiger partial charge in [0.15, 0.2) is 0 Å². The van der Waals surface area contributed by atoms with Crippen LogP contribution in [0.1, 0.15) is 105 Å². The topological polar surface area (TPSA) is 66.4 Å². The molecule has 4 nitrogen and oxygen atoms in total. The minimum atomic E-state index is -0.988. The Morgan fingerprint density at radius 1 is 0.885 bits per heavy atom. The van der Waals surface area contributed by atoms with Gasteiger partial charge in [-0.05, 0) is 39.0 Å². The van der Waals surface area contributed by atoms with Gasteiger partial charge < -0.3 is 11.8 Å². The van der Waals surface area contributed by atoms with Crippen molar-refractivity contribution in [2.24, 2.45) is 0 Å². The van der Waals surface area contributed by atoms with Crippen molar-refractivity contribution in [1.29, 1.82) is 0 Å². The van der Waals surface area contributed by atoms with E-state index in [4.69, 9.17) is 5.11 Å². The fourth-order valence-corrected chi connectivity index (χ4v) is 2.73. The molecule has 5 heteroatoms. The summed E-state index contributed by atoms with van der Waals surface area (Å²) in [5.74, 6) is -1.15. The summed E-state index contributed by atoms with van der Waals surface area (Å²) in [7, 11) is 0. The number of unbranched alkanes of at least 4 members (excludes halogenated alkanes) is 11. The Morgan fingerprint density at radius 2 is 1.35 bits per heavy atom.